The molecule has 0 aliphatic carbocycles. The predicted molar refractivity (Wildman–Crippen MR) is 143 cm³/mol. The largest absolute Gasteiger partial charge is 0.355 e. The Morgan fingerprint density at radius 1 is 0.917 bits per heavy atom. The van der Waals surface area contributed by atoms with E-state index < -0.39 is 28.5 Å². The number of halogens is 2. The molecule has 0 aromatic heterocycles. The summed E-state index contributed by atoms with van der Waals surface area (Å²) in [5, 5.41) is 3.58. The first-order chi connectivity index (χ1) is 17.1. The van der Waals surface area contributed by atoms with Crippen molar-refractivity contribution < 1.29 is 18.0 Å². The van der Waals surface area contributed by atoms with Gasteiger partial charge in [0, 0.05) is 23.1 Å². The van der Waals surface area contributed by atoms with Gasteiger partial charge in [0.1, 0.15) is 12.6 Å². The Labute approximate surface area is 221 Å². The van der Waals surface area contributed by atoms with E-state index in [9.17, 15) is 18.0 Å². The summed E-state index contributed by atoms with van der Waals surface area (Å²) in [5.74, 6) is -0.900. The second-order valence-electron chi connectivity index (χ2n) is 8.02. The molecule has 0 aliphatic heterocycles. The van der Waals surface area contributed by atoms with Crippen LogP contribution in [-0.2, 0) is 26.2 Å². The van der Waals surface area contributed by atoms with Gasteiger partial charge in [-0.3, -0.25) is 13.9 Å². The third kappa shape index (κ3) is 6.78. The van der Waals surface area contributed by atoms with Gasteiger partial charge in [0.25, 0.3) is 10.0 Å². The lowest BCUT2D eigenvalue weighted by atomic mass is 10.1. The number of carbonyl (C=O) groups excluding carboxylic acids is 2. The Balaban J connectivity index is 2.01. The van der Waals surface area contributed by atoms with E-state index in [4.69, 9.17) is 23.2 Å². The molecule has 0 fully saturated rings. The topological polar surface area (TPSA) is 86.8 Å². The van der Waals surface area contributed by atoms with Gasteiger partial charge in [0.15, 0.2) is 0 Å². The molecule has 36 heavy (non-hydrogen) atoms. The number of hydrogen-bond donors (Lipinski definition) is 1. The predicted octanol–water partition coefficient (Wildman–Crippen LogP) is 4.74. The molecule has 0 spiro atoms. The van der Waals surface area contributed by atoms with E-state index in [1.807, 2.05) is 0 Å². The third-order valence-corrected chi connectivity index (χ3v) is 7.77. The number of nitrogens with one attached hydrogen (secondary N) is 1. The van der Waals surface area contributed by atoms with Crippen LogP contribution in [0, 0.1) is 0 Å². The lowest BCUT2D eigenvalue weighted by Gasteiger charge is -2.32. The summed E-state index contributed by atoms with van der Waals surface area (Å²) in [6.45, 7) is 3.33. The molecule has 1 atom stereocenters. The van der Waals surface area contributed by atoms with Crippen molar-refractivity contribution in [1.82, 2.24) is 10.2 Å². The fraction of sp³-hybridized carbons (Fsp3) is 0.231. The number of nitrogens with zero attached hydrogens (tertiary/aromatic N) is 2. The van der Waals surface area contributed by atoms with Gasteiger partial charge in [-0.25, -0.2) is 8.42 Å². The molecule has 3 aromatic carbocycles. The summed E-state index contributed by atoms with van der Waals surface area (Å²) in [6.07, 6.45) is 0. The van der Waals surface area contributed by atoms with Gasteiger partial charge in [-0.1, -0.05) is 59.6 Å². The summed E-state index contributed by atoms with van der Waals surface area (Å²) in [7, 11) is -4.12. The fourth-order valence-corrected chi connectivity index (χ4v) is 5.31. The minimum absolute atomic E-state index is 0.0267. The van der Waals surface area contributed by atoms with Crippen LogP contribution in [0.15, 0.2) is 83.8 Å². The van der Waals surface area contributed by atoms with Gasteiger partial charge in [0.2, 0.25) is 11.8 Å². The van der Waals surface area contributed by atoms with E-state index in [2.05, 4.69) is 5.32 Å². The van der Waals surface area contributed by atoms with Crippen LogP contribution in [-0.4, -0.2) is 44.3 Å². The number of anilines is 1. The van der Waals surface area contributed by atoms with Crippen molar-refractivity contribution in [1.29, 1.82) is 0 Å². The molecule has 2 amide bonds. The first kappa shape index (κ1) is 27.5. The third-order valence-electron chi connectivity index (χ3n) is 5.49. The first-order valence-electron chi connectivity index (χ1n) is 11.3. The monoisotopic (exact) mass is 547 g/mol. The van der Waals surface area contributed by atoms with E-state index in [1.54, 1.807) is 74.5 Å². The van der Waals surface area contributed by atoms with E-state index >= 15 is 0 Å². The number of sulfonamides is 1. The summed E-state index contributed by atoms with van der Waals surface area (Å²) in [5.41, 5.74) is 0.973. The van der Waals surface area contributed by atoms with Crippen LogP contribution in [0.25, 0.3) is 0 Å². The smallest absolute Gasteiger partial charge is 0.264 e. The molecular weight excluding hydrogens is 521 g/mol. The number of benzene rings is 3. The van der Waals surface area contributed by atoms with Crippen LogP contribution in [0.2, 0.25) is 10.0 Å². The van der Waals surface area contributed by atoms with Crippen molar-refractivity contribution in [2.24, 2.45) is 0 Å². The van der Waals surface area contributed by atoms with Gasteiger partial charge in [-0.05, 0) is 61.9 Å². The van der Waals surface area contributed by atoms with Crippen molar-refractivity contribution in [3.63, 3.8) is 0 Å². The fourth-order valence-electron chi connectivity index (χ4n) is 3.57. The highest BCUT2D eigenvalue weighted by atomic mass is 35.5. The summed E-state index contributed by atoms with van der Waals surface area (Å²) in [6, 6.07) is 20.1. The number of carbonyl (C=O) groups is 2. The average molecular weight is 548 g/mol. The molecular formula is C26H27Cl2N3O4S. The zero-order valence-corrected chi connectivity index (χ0v) is 22.2. The van der Waals surface area contributed by atoms with E-state index in [1.165, 1.54) is 23.1 Å². The van der Waals surface area contributed by atoms with E-state index in [0.717, 1.165) is 9.87 Å². The van der Waals surface area contributed by atoms with Crippen molar-refractivity contribution in [2.75, 3.05) is 17.4 Å². The summed E-state index contributed by atoms with van der Waals surface area (Å²) in [4.78, 5) is 27.7. The van der Waals surface area contributed by atoms with Crippen molar-refractivity contribution in [3.8, 4) is 0 Å². The highest BCUT2D eigenvalue weighted by Gasteiger charge is 2.32. The molecule has 0 bridgehead atoms. The first-order valence-corrected chi connectivity index (χ1v) is 13.5. The molecule has 0 saturated heterocycles. The molecule has 1 N–H and O–H groups in total. The maximum Gasteiger partial charge on any atom is 0.264 e. The van der Waals surface area contributed by atoms with Crippen molar-refractivity contribution >= 4 is 50.7 Å². The molecule has 190 valence electrons. The second-order valence-corrected chi connectivity index (χ2v) is 10.8. The van der Waals surface area contributed by atoms with Crippen LogP contribution < -0.4 is 9.62 Å². The maximum absolute atomic E-state index is 13.7. The molecule has 0 saturated carbocycles. The molecule has 0 unspecified atom stereocenters. The lowest BCUT2D eigenvalue weighted by Crippen LogP contribution is -2.51. The summed E-state index contributed by atoms with van der Waals surface area (Å²) >= 11 is 12.1. The zero-order valence-electron chi connectivity index (χ0n) is 19.9. The molecule has 0 heterocycles. The number of amides is 2. The quantitative estimate of drug-likeness (QED) is 0.397. The molecule has 7 nitrogen and oxygen atoms in total. The normalized spacial score (nSPS) is 12.0. The average Bonchev–Trinajstić information content (AvgIpc) is 2.87. The molecule has 0 radical (unpaired) electrons. The SMILES string of the molecule is CCNC(=O)[C@H](C)N(Cc1ccc(Cl)cc1)C(=O)CN(c1cccc(Cl)c1)S(=O)(=O)c1ccccc1. The van der Waals surface area contributed by atoms with Crippen LogP contribution in [0.1, 0.15) is 19.4 Å². The molecule has 10 heteroatoms. The second kappa shape index (κ2) is 12.3. The van der Waals surface area contributed by atoms with Gasteiger partial charge >= 0.3 is 0 Å². The Kier molecular flexibility index (Phi) is 9.37. The Morgan fingerprint density at radius 2 is 1.58 bits per heavy atom. The van der Waals surface area contributed by atoms with Crippen molar-refractivity contribution in [3.05, 3.63) is 94.5 Å². The van der Waals surface area contributed by atoms with Crippen LogP contribution >= 0.6 is 23.2 Å². The van der Waals surface area contributed by atoms with Crippen molar-refractivity contribution in [2.45, 2.75) is 31.3 Å². The lowest BCUT2D eigenvalue weighted by molar-refractivity contribution is -0.139. The minimum atomic E-state index is -4.12. The van der Waals surface area contributed by atoms with E-state index in [-0.39, 0.29) is 23.0 Å². The highest BCUT2D eigenvalue weighted by molar-refractivity contribution is 7.92. The molecule has 0 aliphatic rings. The number of likely N-dealkylation sites (N-methyl/N-ethyl adjacent to an activating group) is 1. The Morgan fingerprint density at radius 3 is 2.19 bits per heavy atom. The number of rotatable bonds is 10. The maximum atomic E-state index is 13.7. The van der Waals surface area contributed by atoms with Gasteiger partial charge in [-0.15, -0.1) is 0 Å². The standard InChI is InChI=1S/C26H27Cl2N3O4S/c1-3-29-26(33)19(2)30(17-20-12-14-21(27)15-13-20)25(32)18-31(23-9-7-8-22(28)16-23)36(34,35)24-10-5-4-6-11-24/h4-16,19H,3,17-18H2,1-2H3,(H,29,33)/t19-/m0/s1. The van der Waals surface area contributed by atoms with Gasteiger partial charge in [0.05, 0.1) is 10.6 Å². The van der Waals surface area contributed by atoms with Gasteiger partial charge < -0.3 is 10.2 Å². The molecule has 3 rings (SSSR count). The van der Waals surface area contributed by atoms with Crippen LogP contribution in [0.5, 0.6) is 0 Å². The summed E-state index contributed by atoms with van der Waals surface area (Å²) < 4.78 is 28.3. The molecule has 3 aromatic rings. The number of hydrogen-bond acceptors (Lipinski definition) is 4. The highest BCUT2D eigenvalue weighted by Crippen LogP contribution is 2.27. The van der Waals surface area contributed by atoms with Crippen LogP contribution in [0.4, 0.5) is 5.69 Å². The Hall–Kier alpha value is -3.07. The van der Waals surface area contributed by atoms with Crippen LogP contribution in [0.3, 0.4) is 0 Å². The van der Waals surface area contributed by atoms with Gasteiger partial charge in [-0.2, -0.15) is 0 Å². The minimum Gasteiger partial charge on any atom is -0.355 e. The zero-order chi connectivity index (χ0) is 26.3. The Bertz CT molecular complexity index is 1300. The van der Waals surface area contributed by atoms with E-state index in [0.29, 0.717) is 16.6 Å².